The van der Waals surface area contributed by atoms with Gasteiger partial charge in [0.15, 0.2) is 0 Å². The average Bonchev–Trinajstić information content (AvgIpc) is 2.46. The Morgan fingerprint density at radius 1 is 1.05 bits per heavy atom. The molecule has 0 radical (unpaired) electrons. The molecule has 0 spiro atoms. The summed E-state index contributed by atoms with van der Waals surface area (Å²) >= 11 is 0. The van der Waals surface area contributed by atoms with Crippen LogP contribution in [-0.2, 0) is 0 Å². The van der Waals surface area contributed by atoms with Gasteiger partial charge >= 0.3 is 5.97 Å². The Balaban J connectivity index is 2.10. The minimum absolute atomic E-state index is 0.263. The zero-order valence-corrected chi connectivity index (χ0v) is 11.4. The summed E-state index contributed by atoms with van der Waals surface area (Å²) in [6.07, 6.45) is 1.76. The second kappa shape index (κ2) is 6.02. The molecule has 0 saturated heterocycles. The molecule has 20 heavy (non-hydrogen) atoms. The molecular weight excluding hydrogens is 252 g/mol. The van der Waals surface area contributed by atoms with E-state index in [9.17, 15) is 4.79 Å². The van der Waals surface area contributed by atoms with Crippen molar-refractivity contribution in [3.05, 3.63) is 59.7 Å². The molecule has 0 aromatic heterocycles. The highest BCUT2D eigenvalue weighted by atomic mass is 16.4. The van der Waals surface area contributed by atoms with Gasteiger partial charge in [-0.2, -0.15) is 0 Å². The number of benzene rings is 2. The van der Waals surface area contributed by atoms with Crippen LogP contribution in [-0.4, -0.2) is 31.4 Å². The minimum atomic E-state index is -0.931. The van der Waals surface area contributed by atoms with Crippen LogP contribution >= 0.6 is 0 Å². The van der Waals surface area contributed by atoms with Crippen molar-refractivity contribution in [1.29, 1.82) is 0 Å². The summed E-state index contributed by atoms with van der Waals surface area (Å²) in [7, 11) is 3.99. The SMILES string of the molecule is CN(C)c1ccc(/C=N/c2ccc(C(=O)O)cc2)cc1. The first-order valence-corrected chi connectivity index (χ1v) is 6.21. The third-order valence-electron chi connectivity index (χ3n) is 2.89. The van der Waals surface area contributed by atoms with Gasteiger partial charge < -0.3 is 10.0 Å². The number of aromatic carboxylic acids is 1. The van der Waals surface area contributed by atoms with Crippen LogP contribution in [0.1, 0.15) is 15.9 Å². The first-order chi connectivity index (χ1) is 9.56. The fourth-order valence-electron chi connectivity index (χ4n) is 1.70. The van der Waals surface area contributed by atoms with Crippen LogP contribution in [0, 0.1) is 0 Å². The van der Waals surface area contributed by atoms with E-state index in [-0.39, 0.29) is 5.56 Å². The van der Waals surface area contributed by atoms with Crippen LogP contribution in [0.3, 0.4) is 0 Å². The monoisotopic (exact) mass is 268 g/mol. The number of hydrogen-bond donors (Lipinski definition) is 1. The van der Waals surface area contributed by atoms with E-state index in [0.29, 0.717) is 0 Å². The van der Waals surface area contributed by atoms with Crippen LogP contribution < -0.4 is 4.90 Å². The second-order valence-corrected chi connectivity index (χ2v) is 4.60. The number of anilines is 1. The molecule has 0 fully saturated rings. The van der Waals surface area contributed by atoms with E-state index in [1.54, 1.807) is 30.5 Å². The van der Waals surface area contributed by atoms with Crippen LogP contribution in [0.4, 0.5) is 11.4 Å². The van der Waals surface area contributed by atoms with Crippen molar-refractivity contribution in [1.82, 2.24) is 0 Å². The van der Waals surface area contributed by atoms with Crippen LogP contribution in [0.25, 0.3) is 0 Å². The first kappa shape index (κ1) is 13.8. The van der Waals surface area contributed by atoms with Gasteiger partial charge in [-0.25, -0.2) is 4.79 Å². The molecule has 0 aliphatic rings. The standard InChI is InChI=1S/C16H16N2O2/c1-18(2)15-9-3-12(4-10-15)11-17-14-7-5-13(6-8-14)16(19)20/h3-11H,1-2H3,(H,19,20)/b17-11+. The van der Waals surface area contributed by atoms with Gasteiger partial charge in [0.2, 0.25) is 0 Å². The largest absolute Gasteiger partial charge is 0.478 e. The lowest BCUT2D eigenvalue weighted by atomic mass is 10.2. The molecular formula is C16H16N2O2. The van der Waals surface area contributed by atoms with Gasteiger partial charge in [0.1, 0.15) is 0 Å². The van der Waals surface area contributed by atoms with Gasteiger partial charge in [-0.3, -0.25) is 4.99 Å². The van der Waals surface area contributed by atoms with Crippen molar-refractivity contribution in [2.45, 2.75) is 0 Å². The Hall–Kier alpha value is -2.62. The summed E-state index contributed by atoms with van der Waals surface area (Å²) in [5.41, 5.74) is 3.12. The van der Waals surface area contributed by atoms with E-state index in [1.807, 2.05) is 43.3 Å². The van der Waals surface area contributed by atoms with Crippen LogP contribution in [0.15, 0.2) is 53.5 Å². The highest BCUT2D eigenvalue weighted by molar-refractivity contribution is 5.88. The second-order valence-electron chi connectivity index (χ2n) is 4.60. The molecule has 0 atom stereocenters. The number of aliphatic imine (C=N–C) groups is 1. The van der Waals surface area contributed by atoms with Crippen molar-refractivity contribution in [2.24, 2.45) is 4.99 Å². The van der Waals surface area contributed by atoms with Gasteiger partial charge in [-0.05, 0) is 42.0 Å². The van der Waals surface area contributed by atoms with E-state index in [4.69, 9.17) is 5.11 Å². The van der Waals surface area contributed by atoms with E-state index >= 15 is 0 Å². The Labute approximate surface area is 118 Å². The highest BCUT2D eigenvalue weighted by Crippen LogP contribution is 2.15. The third-order valence-corrected chi connectivity index (χ3v) is 2.89. The summed E-state index contributed by atoms with van der Waals surface area (Å²) in [6, 6.07) is 14.5. The molecule has 4 nitrogen and oxygen atoms in total. The van der Waals surface area contributed by atoms with Crippen molar-refractivity contribution in [3.63, 3.8) is 0 Å². The predicted molar refractivity (Wildman–Crippen MR) is 81.4 cm³/mol. The molecule has 0 aliphatic carbocycles. The minimum Gasteiger partial charge on any atom is -0.478 e. The molecule has 0 aliphatic heterocycles. The van der Waals surface area contributed by atoms with Gasteiger partial charge in [-0.1, -0.05) is 12.1 Å². The van der Waals surface area contributed by atoms with Crippen molar-refractivity contribution in [3.8, 4) is 0 Å². The molecule has 0 bridgehead atoms. The number of nitrogens with zero attached hydrogens (tertiary/aromatic N) is 2. The highest BCUT2D eigenvalue weighted by Gasteiger charge is 2.00. The Morgan fingerprint density at radius 3 is 2.15 bits per heavy atom. The maximum atomic E-state index is 10.7. The fraction of sp³-hybridized carbons (Fsp3) is 0.125. The van der Waals surface area contributed by atoms with Crippen LogP contribution in [0.5, 0.6) is 0 Å². The van der Waals surface area contributed by atoms with Gasteiger partial charge in [0, 0.05) is 26.0 Å². The number of carbonyl (C=O) groups is 1. The Bertz CT molecular complexity index is 614. The van der Waals surface area contributed by atoms with E-state index in [0.717, 1.165) is 16.9 Å². The number of hydrogen-bond acceptors (Lipinski definition) is 3. The van der Waals surface area contributed by atoms with Crippen LogP contribution in [0.2, 0.25) is 0 Å². The van der Waals surface area contributed by atoms with E-state index < -0.39 is 5.97 Å². The average molecular weight is 268 g/mol. The van der Waals surface area contributed by atoms with E-state index in [2.05, 4.69) is 4.99 Å². The molecule has 1 N–H and O–H groups in total. The molecule has 2 aromatic rings. The Kier molecular flexibility index (Phi) is 4.15. The third kappa shape index (κ3) is 3.45. The van der Waals surface area contributed by atoms with Crippen molar-refractivity contribution in [2.75, 3.05) is 19.0 Å². The van der Waals surface area contributed by atoms with Gasteiger partial charge in [0.25, 0.3) is 0 Å². The molecule has 2 rings (SSSR count). The molecule has 0 heterocycles. The molecule has 2 aromatic carbocycles. The molecule has 4 heteroatoms. The first-order valence-electron chi connectivity index (χ1n) is 6.21. The number of rotatable bonds is 4. The maximum Gasteiger partial charge on any atom is 0.335 e. The Morgan fingerprint density at radius 2 is 1.65 bits per heavy atom. The lowest BCUT2D eigenvalue weighted by Gasteiger charge is -2.11. The lowest BCUT2D eigenvalue weighted by Crippen LogP contribution is -2.08. The molecule has 0 amide bonds. The van der Waals surface area contributed by atoms with Crippen molar-refractivity contribution < 1.29 is 9.90 Å². The maximum absolute atomic E-state index is 10.7. The predicted octanol–water partition coefficient (Wildman–Crippen LogP) is 3.20. The number of carboxylic acids is 1. The summed E-state index contributed by atoms with van der Waals surface area (Å²) in [6.45, 7) is 0. The summed E-state index contributed by atoms with van der Waals surface area (Å²) in [4.78, 5) is 17.1. The lowest BCUT2D eigenvalue weighted by molar-refractivity contribution is 0.0697. The zero-order valence-electron chi connectivity index (χ0n) is 11.4. The van der Waals surface area contributed by atoms with E-state index in [1.165, 1.54) is 0 Å². The summed E-state index contributed by atoms with van der Waals surface area (Å²) in [5, 5.41) is 8.81. The summed E-state index contributed by atoms with van der Waals surface area (Å²) in [5.74, 6) is -0.931. The van der Waals surface area contributed by atoms with Gasteiger partial charge in [0.05, 0.1) is 11.3 Å². The smallest absolute Gasteiger partial charge is 0.335 e. The topological polar surface area (TPSA) is 52.9 Å². The quantitative estimate of drug-likeness (QED) is 0.866. The van der Waals surface area contributed by atoms with Gasteiger partial charge in [-0.15, -0.1) is 0 Å². The zero-order chi connectivity index (χ0) is 14.5. The normalized spacial score (nSPS) is 10.7. The molecule has 102 valence electrons. The van der Waals surface area contributed by atoms with Crippen molar-refractivity contribution >= 4 is 23.6 Å². The molecule has 0 saturated carbocycles. The number of carboxylic acid groups (broad SMARTS) is 1. The summed E-state index contributed by atoms with van der Waals surface area (Å²) < 4.78 is 0. The fourth-order valence-corrected chi connectivity index (χ4v) is 1.70. The molecule has 0 unspecified atom stereocenters.